The Morgan fingerprint density at radius 1 is 0.958 bits per heavy atom. The van der Waals surface area contributed by atoms with Crippen LogP contribution < -0.4 is 0 Å². The summed E-state index contributed by atoms with van der Waals surface area (Å²) in [5.41, 5.74) is 1.57. The first-order valence-corrected chi connectivity index (χ1v) is 9.00. The third-order valence-electron chi connectivity index (χ3n) is 4.89. The first-order chi connectivity index (χ1) is 11.5. The van der Waals surface area contributed by atoms with Crippen molar-refractivity contribution in [3.8, 4) is 0 Å². The summed E-state index contributed by atoms with van der Waals surface area (Å²) in [6.45, 7) is 3.71. The van der Waals surface area contributed by atoms with Crippen molar-refractivity contribution in [3.63, 3.8) is 0 Å². The Morgan fingerprint density at radius 3 is 1.96 bits per heavy atom. The summed E-state index contributed by atoms with van der Waals surface area (Å²) in [7, 11) is 3.03. The van der Waals surface area contributed by atoms with Crippen molar-refractivity contribution in [2.45, 2.75) is 83.8 Å². The van der Waals surface area contributed by atoms with Gasteiger partial charge in [-0.15, -0.1) is 0 Å². The van der Waals surface area contributed by atoms with Crippen LogP contribution in [0.2, 0.25) is 0 Å². The summed E-state index contributed by atoms with van der Waals surface area (Å²) < 4.78 is 15.6. The van der Waals surface area contributed by atoms with Crippen LogP contribution in [-0.2, 0) is 23.8 Å². The molecular formula is C19H32O5. The van der Waals surface area contributed by atoms with E-state index in [9.17, 15) is 9.59 Å². The number of carbonyl (C=O) groups is 2. The van der Waals surface area contributed by atoms with Crippen LogP contribution in [0.5, 0.6) is 0 Å². The van der Waals surface area contributed by atoms with Crippen molar-refractivity contribution < 1.29 is 23.8 Å². The van der Waals surface area contributed by atoms with Crippen LogP contribution in [-0.4, -0.2) is 31.9 Å². The Hall–Kier alpha value is -1.36. The van der Waals surface area contributed by atoms with Gasteiger partial charge in [-0.25, -0.2) is 4.79 Å². The van der Waals surface area contributed by atoms with Gasteiger partial charge >= 0.3 is 11.9 Å². The molecule has 1 atom stereocenters. The molecule has 0 bridgehead atoms. The molecule has 1 heterocycles. The fourth-order valence-corrected chi connectivity index (χ4v) is 3.07. The van der Waals surface area contributed by atoms with E-state index in [4.69, 9.17) is 9.47 Å². The minimum Gasteiger partial charge on any atom is -0.469 e. The molecule has 5 nitrogen and oxygen atoms in total. The zero-order chi connectivity index (χ0) is 18.0. The number of rotatable bonds is 12. The minimum absolute atomic E-state index is 0.116. The SMILES string of the molecule is COC(=O)CCCCCCCCCC[C@]1(OC)OC(=O)C(C)=C1C. The van der Waals surface area contributed by atoms with Crippen molar-refractivity contribution in [2.75, 3.05) is 14.2 Å². The van der Waals surface area contributed by atoms with Crippen LogP contribution in [0.25, 0.3) is 0 Å². The zero-order valence-corrected chi connectivity index (χ0v) is 15.6. The molecule has 0 saturated carbocycles. The van der Waals surface area contributed by atoms with Gasteiger partial charge in [0.1, 0.15) is 0 Å². The molecular weight excluding hydrogens is 308 g/mol. The highest BCUT2D eigenvalue weighted by atomic mass is 16.7. The molecule has 0 amide bonds. The van der Waals surface area contributed by atoms with E-state index in [-0.39, 0.29) is 11.9 Å². The molecule has 24 heavy (non-hydrogen) atoms. The summed E-state index contributed by atoms with van der Waals surface area (Å²) in [5.74, 6) is -1.22. The molecule has 0 fully saturated rings. The molecule has 0 aliphatic carbocycles. The fraction of sp³-hybridized carbons (Fsp3) is 0.789. The average Bonchev–Trinajstić information content (AvgIpc) is 2.80. The lowest BCUT2D eigenvalue weighted by Crippen LogP contribution is -2.33. The van der Waals surface area contributed by atoms with Gasteiger partial charge in [0, 0.05) is 31.1 Å². The van der Waals surface area contributed by atoms with Crippen LogP contribution in [0.3, 0.4) is 0 Å². The first kappa shape index (κ1) is 20.7. The number of hydrogen-bond acceptors (Lipinski definition) is 5. The van der Waals surface area contributed by atoms with Crippen molar-refractivity contribution in [1.82, 2.24) is 0 Å². The maximum Gasteiger partial charge on any atom is 0.336 e. The molecule has 5 heteroatoms. The Kier molecular flexibility index (Phi) is 9.04. The normalized spacial score (nSPS) is 20.4. The molecule has 0 aromatic rings. The van der Waals surface area contributed by atoms with Crippen molar-refractivity contribution in [2.24, 2.45) is 0 Å². The van der Waals surface area contributed by atoms with Gasteiger partial charge in [-0.2, -0.15) is 0 Å². The van der Waals surface area contributed by atoms with E-state index < -0.39 is 5.79 Å². The molecule has 0 unspecified atom stereocenters. The standard InChI is InChI=1S/C19H32O5/c1-15-16(2)19(23-4,24-18(15)21)14-12-10-8-6-5-7-9-11-13-17(20)22-3/h5-14H2,1-4H3/t19-/m0/s1. The lowest BCUT2D eigenvalue weighted by Gasteiger charge is -2.28. The molecule has 1 rings (SSSR count). The highest BCUT2D eigenvalue weighted by molar-refractivity contribution is 5.92. The smallest absolute Gasteiger partial charge is 0.336 e. The van der Waals surface area contributed by atoms with Crippen LogP contribution >= 0.6 is 0 Å². The lowest BCUT2D eigenvalue weighted by molar-refractivity contribution is -0.195. The third kappa shape index (κ3) is 5.93. The Bertz CT molecular complexity index is 455. The van der Waals surface area contributed by atoms with Gasteiger partial charge in [0.05, 0.1) is 7.11 Å². The van der Waals surface area contributed by atoms with E-state index in [1.165, 1.54) is 26.4 Å². The number of unbranched alkanes of at least 4 members (excludes halogenated alkanes) is 7. The quantitative estimate of drug-likeness (QED) is 0.391. The highest BCUT2D eigenvalue weighted by Gasteiger charge is 2.43. The average molecular weight is 340 g/mol. The largest absolute Gasteiger partial charge is 0.469 e. The molecule has 0 N–H and O–H groups in total. The molecule has 1 aliphatic heterocycles. The summed E-state index contributed by atoms with van der Waals surface area (Å²) in [6.07, 6.45) is 10.1. The van der Waals surface area contributed by atoms with E-state index in [1.807, 2.05) is 6.92 Å². The molecule has 1 aliphatic rings. The number of carbonyl (C=O) groups excluding carboxylic acids is 2. The van der Waals surface area contributed by atoms with E-state index in [0.717, 1.165) is 44.1 Å². The monoisotopic (exact) mass is 340 g/mol. The van der Waals surface area contributed by atoms with E-state index in [0.29, 0.717) is 12.0 Å². The van der Waals surface area contributed by atoms with Gasteiger partial charge in [-0.1, -0.05) is 38.5 Å². The number of hydrogen-bond donors (Lipinski definition) is 0. The second-order valence-corrected chi connectivity index (χ2v) is 6.50. The number of ether oxygens (including phenoxy) is 3. The van der Waals surface area contributed by atoms with Crippen LogP contribution in [0, 0.1) is 0 Å². The summed E-state index contributed by atoms with van der Waals surface area (Å²) >= 11 is 0. The summed E-state index contributed by atoms with van der Waals surface area (Å²) in [4.78, 5) is 22.7. The van der Waals surface area contributed by atoms with Gasteiger partial charge in [0.25, 0.3) is 0 Å². The van der Waals surface area contributed by atoms with Gasteiger partial charge < -0.3 is 14.2 Å². The molecule has 138 valence electrons. The van der Waals surface area contributed by atoms with E-state index >= 15 is 0 Å². The predicted octanol–water partition coefficient (Wildman–Crippen LogP) is 4.30. The summed E-state index contributed by atoms with van der Waals surface area (Å²) in [5, 5.41) is 0. The van der Waals surface area contributed by atoms with Gasteiger partial charge in [-0.3, -0.25) is 4.79 Å². The summed E-state index contributed by atoms with van der Waals surface area (Å²) in [6, 6.07) is 0. The Balaban J connectivity index is 2.08. The zero-order valence-electron chi connectivity index (χ0n) is 15.6. The lowest BCUT2D eigenvalue weighted by atomic mass is 9.98. The maximum atomic E-state index is 11.7. The predicted molar refractivity (Wildman–Crippen MR) is 92.4 cm³/mol. The van der Waals surface area contributed by atoms with Crippen LogP contribution in [0.4, 0.5) is 0 Å². The highest BCUT2D eigenvalue weighted by Crippen LogP contribution is 2.37. The minimum atomic E-state index is -0.838. The molecule has 0 spiro atoms. The van der Waals surface area contributed by atoms with E-state index in [1.54, 1.807) is 14.0 Å². The molecule has 0 aromatic heterocycles. The Labute approximate surface area is 145 Å². The first-order valence-electron chi connectivity index (χ1n) is 9.00. The van der Waals surface area contributed by atoms with Crippen molar-refractivity contribution in [3.05, 3.63) is 11.1 Å². The topological polar surface area (TPSA) is 61.8 Å². The van der Waals surface area contributed by atoms with E-state index in [2.05, 4.69) is 4.74 Å². The second kappa shape index (κ2) is 10.5. The number of methoxy groups -OCH3 is 2. The maximum absolute atomic E-state index is 11.7. The van der Waals surface area contributed by atoms with Gasteiger partial charge in [0.15, 0.2) is 0 Å². The van der Waals surface area contributed by atoms with Gasteiger partial charge in [-0.05, 0) is 26.7 Å². The Morgan fingerprint density at radius 2 is 1.50 bits per heavy atom. The van der Waals surface area contributed by atoms with Crippen molar-refractivity contribution >= 4 is 11.9 Å². The molecule has 0 aromatic carbocycles. The number of esters is 2. The second-order valence-electron chi connectivity index (χ2n) is 6.50. The van der Waals surface area contributed by atoms with Crippen LogP contribution in [0.1, 0.15) is 78.1 Å². The third-order valence-corrected chi connectivity index (χ3v) is 4.89. The fourth-order valence-electron chi connectivity index (χ4n) is 3.07. The molecule has 0 radical (unpaired) electrons. The van der Waals surface area contributed by atoms with Crippen LogP contribution in [0.15, 0.2) is 11.1 Å². The number of cyclic esters (lactones) is 1. The molecule has 0 saturated heterocycles. The van der Waals surface area contributed by atoms with Crippen molar-refractivity contribution in [1.29, 1.82) is 0 Å². The van der Waals surface area contributed by atoms with Gasteiger partial charge in [0.2, 0.25) is 5.79 Å².